The van der Waals surface area contributed by atoms with E-state index < -0.39 is 28.8 Å². The van der Waals surface area contributed by atoms with E-state index in [1.807, 2.05) is 12.1 Å². The Morgan fingerprint density at radius 1 is 1.16 bits per heavy atom. The van der Waals surface area contributed by atoms with Crippen LogP contribution in [0.3, 0.4) is 0 Å². The van der Waals surface area contributed by atoms with Crippen LogP contribution in [-0.2, 0) is 15.8 Å². The van der Waals surface area contributed by atoms with E-state index in [0.717, 1.165) is 42.8 Å². The number of carbonyl (C=O) groups excluding carboxylic acids is 2. The molecule has 0 spiro atoms. The van der Waals surface area contributed by atoms with Gasteiger partial charge in [0.2, 0.25) is 11.8 Å². The van der Waals surface area contributed by atoms with Crippen molar-refractivity contribution in [1.29, 1.82) is 10.5 Å². The Morgan fingerprint density at radius 3 is 2.44 bits per heavy atom. The molecule has 1 aliphatic heterocycles. The molecule has 0 unspecified atom stereocenters. The SMILES string of the molecule is N#Cc1c(N)nc(S[C@@H]2CC(=O)N(c3cccc(C(F)(F)F)c3)C2=O)c(C#N)c1C1CC1. The number of nitrogen functional groups attached to an aromatic ring is 1. The van der Waals surface area contributed by atoms with E-state index in [1.165, 1.54) is 6.07 Å². The lowest BCUT2D eigenvalue weighted by molar-refractivity contribution is -0.137. The maximum absolute atomic E-state index is 13.0. The molecule has 4 rings (SSSR count). The Kier molecular flexibility index (Phi) is 5.31. The lowest BCUT2D eigenvalue weighted by Crippen LogP contribution is -2.31. The lowest BCUT2D eigenvalue weighted by atomic mass is 10.0. The predicted octanol–water partition coefficient (Wildman–Crippen LogP) is 3.73. The number of nitriles is 2. The summed E-state index contributed by atoms with van der Waals surface area (Å²) in [5, 5.41) is 18.2. The molecule has 1 aliphatic carbocycles. The minimum Gasteiger partial charge on any atom is -0.383 e. The summed E-state index contributed by atoms with van der Waals surface area (Å²) >= 11 is 0.858. The summed E-state index contributed by atoms with van der Waals surface area (Å²) < 4.78 is 39.1. The molecule has 0 bridgehead atoms. The number of aromatic nitrogens is 1. The summed E-state index contributed by atoms with van der Waals surface area (Å²) in [6.07, 6.45) is -3.31. The molecule has 1 saturated carbocycles. The zero-order valence-electron chi connectivity index (χ0n) is 16.3. The van der Waals surface area contributed by atoms with Crippen molar-refractivity contribution in [2.24, 2.45) is 0 Å². The van der Waals surface area contributed by atoms with Gasteiger partial charge in [-0.3, -0.25) is 9.59 Å². The van der Waals surface area contributed by atoms with Gasteiger partial charge in [0, 0.05) is 6.42 Å². The summed E-state index contributed by atoms with van der Waals surface area (Å²) in [6, 6.07) is 7.97. The summed E-state index contributed by atoms with van der Waals surface area (Å²) in [7, 11) is 0. The second-order valence-electron chi connectivity index (χ2n) is 7.39. The average Bonchev–Trinajstić information content (AvgIpc) is 3.53. The number of amides is 2. The molecule has 2 fully saturated rings. The highest BCUT2D eigenvalue weighted by Gasteiger charge is 2.42. The van der Waals surface area contributed by atoms with Crippen molar-refractivity contribution in [3.8, 4) is 12.1 Å². The van der Waals surface area contributed by atoms with Crippen molar-refractivity contribution in [3.63, 3.8) is 0 Å². The number of imide groups is 1. The summed E-state index contributed by atoms with van der Waals surface area (Å²) in [6.45, 7) is 0. The second-order valence-corrected chi connectivity index (χ2v) is 8.58. The van der Waals surface area contributed by atoms with Crippen LogP contribution >= 0.6 is 11.8 Å². The van der Waals surface area contributed by atoms with Crippen molar-refractivity contribution in [2.75, 3.05) is 10.6 Å². The van der Waals surface area contributed by atoms with Crippen molar-refractivity contribution in [2.45, 2.75) is 41.6 Å². The van der Waals surface area contributed by atoms with E-state index in [4.69, 9.17) is 5.73 Å². The molecule has 1 saturated heterocycles. The van der Waals surface area contributed by atoms with Crippen molar-refractivity contribution in [3.05, 3.63) is 46.5 Å². The Balaban J connectivity index is 1.67. The number of carbonyl (C=O) groups is 2. The van der Waals surface area contributed by atoms with Gasteiger partial charge in [-0.15, -0.1) is 0 Å². The van der Waals surface area contributed by atoms with Crippen LogP contribution < -0.4 is 10.6 Å². The Morgan fingerprint density at radius 2 is 1.84 bits per heavy atom. The Labute approximate surface area is 184 Å². The number of pyridine rings is 1. The topological polar surface area (TPSA) is 124 Å². The van der Waals surface area contributed by atoms with Crippen LogP contribution in [0, 0.1) is 22.7 Å². The van der Waals surface area contributed by atoms with Crippen LogP contribution in [0.2, 0.25) is 0 Å². The third-order valence-electron chi connectivity index (χ3n) is 5.23. The van der Waals surface area contributed by atoms with Gasteiger partial charge in [0.15, 0.2) is 0 Å². The number of anilines is 2. The van der Waals surface area contributed by atoms with Gasteiger partial charge in [0.05, 0.1) is 27.6 Å². The van der Waals surface area contributed by atoms with Crippen LogP contribution in [0.25, 0.3) is 0 Å². The second kappa shape index (κ2) is 7.84. The van der Waals surface area contributed by atoms with E-state index in [9.17, 15) is 33.3 Å². The Bertz CT molecular complexity index is 1230. The van der Waals surface area contributed by atoms with Crippen molar-refractivity contribution in [1.82, 2.24) is 4.98 Å². The zero-order valence-corrected chi connectivity index (χ0v) is 17.1. The molecule has 1 aromatic carbocycles. The first-order chi connectivity index (χ1) is 15.2. The number of nitrogens with two attached hydrogens (primary N) is 1. The molecule has 32 heavy (non-hydrogen) atoms. The van der Waals surface area contributed by atoms with Crippen molar-refractivity contribution >= 4 is 35.1 Å². The van der Waals surface area contributed by atoms with Gasteiger partial charge in [-0.25, -0.2) is 9.88 Å². The van der Waals surface area contributed by atoms with Gasteiger partial charge in [0.1, 0.15) is 23.0 Å². The van der Waals surface area contributed by atoms with E-state index in [-0.39, 0.29) is 40.0 Å². The highest BCUT2D eigenvalue weighted by molar-refractivity contribution is 8.00. The van der Waals surface area contributed by atoms with Gasteiger partial charge < -0.3 is 5.73 Å². The third kappa shape index (κ3) is 3.76. The quantitative estimate of drug-likeness (QED) is 0.694. The molecule has 2 amide bonds. The van der Waals surface area contributed by atoms with E-state index in [2.05, 4.69) is 4.98 Å². The number of halogens is 3. The number of benzene rings is 1. The molecule has 11 heteroatoms. The average molecular weight is 457 g/mol. The largest absolute Gasteiger partial charge is 0.416 e. The molecule has 2 heterocycles. The van der Waals surface area contributed by atoms with Gasteiger partial charge in [-0.2, -0.15) is 23.7 Å². The normalized spacial score (nSPS) is 18.5. The highest BCUT2D eigenvalue weighted by Crippen LogP contribution is 2.47. The van der Waals surface area contributed by atoms with Crippen LogP contribution in [-0.4, -0.2) is 22.0 Å². The highest BCUT2D eigenvalue weighted by atomic mass is 32.2. The van der Waals surface area contributed by atoms with E-state index >= 15 is 0 Å². The van der Waals surface area contributed by atoms with E-state index in [1.54, 1.807) is 0 Å². The fourth-order valence-electron chi connectivity index (χ4n) is 3.61. The minimum atomic E-state index is -4.62. The fraction of sp³-hybridized carbons (Fsp3) is 0.286. The monoisotopic (exact) mass is 457 g/mol. The van der Waals surface area contributed by atoms with Crippen LogP contribution in [0.5, 0.6) is 0 Å². The molecular weight excluding hydrogens is 443 g/mol. The molecule has 7 nitrogen and oxygen atoms in total. The summed E-state index contributed by atoms with van der Waals surface area (Å²) in [5.41, 5.74) is 5.52. The molecule has 162 valence electrons. The summed E-state index contributed by atoms with van der Waals surface area (Å²) in [4.78, 5) is 30.3. The van der Waals surface area contributed by atoms with Gasteiger partial charge in [-0.05, 0) is 42.5 Å². The maximum Gasteiger partial charge on any atom is 0.416 e. The Hall–Kier alpha value is -3.57. The lowest BCUT2D eigenvalue weighted by Gasteiger charge is -2.17. The third-order valence-corrected chi connectivity index (χ3v) is 6.40. The molecule has 1 aromatic heterocycles. The standard InChI is InChI=1S/C21H14F3N5O2S/c22-21(23,24)11-2-1-3-12(6-11)29-16(30)7-15(20(29)31)32-19-14(9-26)17(10-4-5-10)13(8-25)18(27)28-19/h1-3,6,10,15H,4-5,7H2,(H2,27,28)/t15-/m1/s1. The number of thioether (sulfide) groups is 1. The van der Waals surface area contributed by atoms with Crippen LogP contribution in [0.4, 0.5) is 24.7 Å². The molecular formula is C21H14F3N5O2S. The number of rotatable bonds is 4. The molecule has 2 N–H and O–H groups in total. The van der Waals surface area contributed by atoms with Crippen LogP contribution in [0.15, 0.2) is 29.3 Å². The number of alkyl halides is 3. The molecule has 2 aromatic rings. The fourth-order valence-corrected chi connectivity index (χ4v) is 4.74. The minimum absolute atomic E-state index is 0.00599. The summed E-state index contributed by atoms with van der Waals surface area (Å²) in [5.74, 6) is -1.43. The first-order valence-electron chi connectivity index (χ1n) is 9.50. The van der Waals surface area contributed by atoms with Gasteiger partial charge in [-0.1, -0.05) is 17.8 Å². The molecule has 1 atom stereocenters. The number of nitrogens with zero attached hydrogens (tertiary/aromatic N) is 4. The number of hydrogen-bond acceptors (Lipinski definition) is 7. The molecule has 2 aliphatic rings. The first-order valence-corrected chi connectivity index (χ1v) is 10.4. The predicted molar refractivity (Wildman–Crippen MR) is 108 cm³/mol. The number of hydrogen-bond donors (Lipinski definition) is 1. The first kappa shape index (κ1) is 21.7. The van der Waals surface area contributed by atoms with Gasteiger partial charge in [0.25, 0.3) is 0 Å². The molecule has 0 radical (unpaired) electrons. The van der Waals surface area contributed by atoms with Crippen molar-refractivity contribution < 1.29 is 22.8 Å². The van der Waals surface area contributed by atoms with E-state index in [0.29, 0.717) is 10.5 Å². The zero-order chi connectivity index (χ0) is 23.2. The van der Waals surface area contributed by atoms with Crippen LogP contribution in [0.1, 0.15) is 47.4 Å². The smallest absolute Gasteiger partial charge is 0.383 e. The maximum atomic E-state index is 13.0. The van der Waals surface area contributed by atoms with Gasteiger partial charge >= 0.3 is 6.18 Å².